The van der Waals surface area contributed by atoms with Gasteiger partial charge in [-0.15, -0.1) is 0 Å². The highest BCUT2D eigenvalue weighted by Gasteiger charge is 2.52. The molecule has 0 unspecified atom stereocenters. The van der Waals surface area contributed by atoms with Crippen LogP contribution in [0.2, 0.25) is 0 Å². The van der Waals surface area contributed by atoms with E-state index in [9.17, 15) is 14.4 Å². The van der Waals surface area contributed by atoms with Crippen LogP contribution in [0.3, 0.4) is 0 Å². The molecule has 0 spiro atoms. The van der Waals surface area contributed by atoms with E-state index in [1.807, 2.05) is 0 Å². The standard InChI is InChI=1S/C16H21NO5/c1-4-5-6-17-10-12-9-16(14(19)21-2,15(20)22-3)8-11(12)7-13(17)18/h7,10H,4-6,8-9H2,1-3H3. The Balaban J connectivity index is 2.40. The zero-order valence-electron chi connectivity index (χ0n) is 13.2. The Morgan fingerprint density at radius 3 is 2.32 bits per heavy atom. The number of hydrogen-bond acceptors (Lipinski definition) is 5. The van der Waals surface area contributed by atoms with Crippen molar-refractivity contribution in [1.82, 2.24) is 4.57 Å². The molecule has 1 aromatic heterocycles. The monoisotopic (exact) mass is 307 g/mol. The van der Waals surface area contributed by atoms with E-state index in [1.165, 1.54) is 20.3 Å². The van der Waals surface area contributed by atoms with Crippen molar-refractivity contribution in [3.63, 3.8) is 0 Å². The Kier molecular flexibility index (Phi) is 4.68. The zero-order valence-corrected chi connectivity index (χ0v) is 13.2. The first-order valence-corrected chi connectivity index (χ1v) is 7.37. The number of methoxy groups -OCH3 is 2. The van der Waals surface area contributed by atoms with Crippen molar-refractivity contribution in [2.75, 3.05) is 14.2 Å². The van der Waals surface area contributed by atoms with Gasteiger partial charge in [0.05, 0.1) is 14.2 Å². The number of ether oxygens (including phenoxy) is 2. The van der Waals surface area contributed by atoms with Crippen molar-refractivity contribution >= 4 is 11.9 Å². The predicted molar refractivity (Wildman–Crippen MR) is 79.5 cm³/mol. The number of unbranched alkanes of at least 4 members (excludes halogenated alkanes) is 1. The van der Waals surface area contributed by atoms with Gasteiger partial charge in [0.25, 0.3) is 5.56 Å². The second kappa shape index (κ2) is 6.34. The molecule has 120 valence electrons. The number of aryl methyl sites for hydroxylation is 1. The molecule has 0 aliphatic heterocycles. The average Bonchev–Trinajstić information content (AvgIpc) is 2.90. The van der Waals surface area contributed by atoms with Crippen molar-refractivity contribution in [2.24, 2.45) is 5.41 Å². The number of carbonyl (C=O) groups is 2. The summed E-state index contributed by atoms with van der Waals surface area (Å²) in [4.78, 5) is 36.4. The van der Waals surface area contributed by atoms with Crippen LogP contribution < -0.4 is 5.56 Å². The number of fused-ring (bicyclic) bond motifs is 1. The van der Waals surface area contributed by atoms with Crippen molar-refractivity contribution in [2.45, 2.75) is 39.2 Å². The molecule has 22 heavy (non-hydrogen) atoms. The van der Waals surface area contributed by atoms with Crippen molar-refractivity contribution in [3.05, 3.63) is 33.7 Å². The molecular weight excluding hydrogens is 286 g/mol. The predicted octanol–water partition coefficient (Wildman–Crippen LogP) is 1.08. The molecule has 1 aromatic rings. The Labute approximate surface area is 129 Å². The summed E-state index contributed by atoms with van der Waals surface area (Å²) in [5.74, 6) is -1.24. The Morgan fingerprint density at radius 1 is 1.18 bits per heavy atom. The largest absolute Gasteiger partial charge is 0.468 e. The quantitative estimate of drug-likeness (QED) is 0.601. The highest BCUT2D eigenvalue weighted by atomic mass is 16.5. The third-order valence-corrected chi connectivity index (χ3v) is 4.19. The SMILES string of the molecule is CCCCn1cc2c(cc1=O)CC(C(=O)OC)(C(=O)OC)C2. The van der Waals surface area contributed by atoms with Gasteiger partial charge in [0, 0.05) is 31.6 Å². The lowest BCUT2D eigenvalue weighted by Gasteiger charge is -2.22. The fourth-order valence-corrected chi connectivity index (χ4v) is 2.96. The van der Waals surface area contributed by atoms with E-state index in [-0.39, 0.29) is 18.4 Å². The summed E-state index contributed by atoms with van der Waals surface area (Å²) >= 11 is 0. The van der Waals surface area contributed by atoms with Crippen LogP contribution in [0, 0.1) is 5.41 Å². The van der Waals surface area contributed by atoms with E-state index in [4.69, 9.17) is 9.47 Å². The molecule has 1 aliphatic rings. The maximum atomic E-state index is 12.1. The molecule has 6 heteroatoms. The number of pyridine rings is 1. The van der Waals surface area contributed by atoms with Crippen molar-refractivity contribution in [1.29, 1.82) is 0 Å². The van der Waals surface area contributed by atoms with Crippen LogP contribution >= 0.6 is 0 Å². The number of hydrogen-bond donors (Lipinski definition) is 0. The Morgan fingerprint density at radius 2 is 1.77 bits per heavy atom. The molecule has 0 aromatic carbocycles. The number of carbonyl (C=O) groups excluding carboxylic acids is 2. The Hall–Kier alpha value is -2.11. The third kappa shape index (κ3) is 2.65. The lowest BCUT2D eigenvalue weighted by Crippen LogP contribution is -2.42. The van der Waals surface area contributed by atoms with Gasteiger partial charge in [-0.2, -0.15) is 0 Å². The van der Waals surface area contributed by atoms with Gasteiger partial charge in [0.15, 0.2) is 5.41 Å². The summed E-state index contributed by atoms with van der Waals surface area (Å²) in [5, 5.41) is 0. The summed E-state index contributed by atoms with van der Waals surface area (Å²) in [6, 6.07) is 1.51. The number of rotatable bonds is 5. The van der Waals surface area contributed by atoms with E-state index < -0.39 is 17.4 Å². The zero-order chi connectivity index (χ0) is 16.3. The van der Waals surface area contributed by atoms with E-state index >= 15 is 0 Å². The van der Waals surface area contributed by atoms with Gasteiger partial charge < -0.3 is 14.0 Å². The number of esters is 2. The van der Waals surface area contributed by atoms with Gasteiger partial charge in [-0.3, -0.25) is 14.4 Å². The maximum absolute atomic E-state index is 12.1. The minimum Gasteiger partial charge on any atom is -0.468 e. The van der Waals surface area contributed by atoms with Crippen LogP contribution in [-0.2, 0) is 38.4 Å². The summed E-state index contributed by atoms with van der Waals surface area (Å²) in [5.41, 5.74) is 0.0557. The van der Waals surface area contributed by atoms with Crippen LogP contribution in [-0.4, -0.2) is 30.7 Å². The highest BCUT2D eigenvalue weighted by molar-refractivity contribution is 6.01. The minimum atomic E-state index is -1.37. The first-order chi connectivity index (χ1) is 10.5. The number of aromatic nitrogens is 1. The van der Waals surface area contributed by atoms with Crippen molar-refractivity contribution < 1.29 is 19.1 Å². The van der Waals surface area contributed by atoms with Gasteiger partial charge >= 0.3 is 11.9 Å². The molecule has 0 amide bonds. The van der Waals surface area contributed by atoms with Crippen LogP contribution in [0.4, 0.5) is 0 Å². The van der Waals surface area contributed by atoms with E-state index in [1.54, 1.807) is 10.8 Å². The molecule has 2 rings (SSSR count). The summed E-state index contributed by atoms with van der Waals surface area (Å²) in [6.07, 6.45) is 3.98. The van der Waals surface area contributed by atoms with Crippen LogP contribution in [0.25, 0.3) is 0 Å². The van der Waals surface area contributed by atoms with Crippen LogP contribution in [0.15, 0.2) is 17.1 Å². The fourth-order valence-electron chi connectivity index (χ4n) is 2.96. The van der Waals surface area contributed by atoms with Gasteiger partial charge in [0.2, 0.25) is 0 Å². The molecule has 1 aliphatic carbocycles. The third-order valence-electron chi connectivity index (χ3n) is 4.19. The average molecular weight is 307 g/mol. The molecule has 1 heterocycles. The molecule has 0 atom stereocenters. The van der Waals surface area contributed by atoms with Gasteiger partial charge in [-0.05, 0) is 17.5 Å². The van der Waals surface area contributed by atoms with Crippen LogP contribution in [0.1, 0.15) is 30.9 Å². The normalized spacial score (nSPS) is 15.2. The van der Waals surface area contributed by atoms with E-state index in [0.29, 0.717) is 12.1 Å². The van der Waals surface area contributed by atoms with Crippen molar-refractivity contribution in [3.8, 4) is 0 Å². The Bertz CT molecular complexity index is 630. The maximum Gasteiger partial charge on any atom is 0.323 e. The summed E-state index contributed by atoms with van der Waals surface area (Å²) in [7, 11) is 2.49. The summed E-state index contributed by atoms with van der Waals surface area (Å²) < 4.78 is 11.2. The molecule has 0 radical (unpaired) electrons. The van der Waals surface area contributed by atoms with Crippen LogP contribution in [0.5, 0.6) is 0 Å². The fraction of sp³-hybridized carbons (Fsp3) is 0.562. The molecule has 6 nitrogen and oxygen atoms in total. The lowest BCUT2D eigenvalue weighted by molar-refractivity contribution is -0.168. The molecule has 0 N–H and O–H groups in total. The second-order valence-electron chi connectivity index (χ2n) is 5.63. The first kappa shape index (κ1) is 16.3. The molecular formula is C16H21NO5. The highest BCUT2D eigenvalue weighted by Crippen LogP contribution is 2.38. The smallest absolute Gasteiger partial charge is 0.323 e. The van der Waals surface area contributed by atoms with E-state index in [2.05, 4.69) is 6.92 Å². The molecule has 0 saturated heterocycles. The minimum absolute atomic E-state index is 0.113. The first-order valence-electron chi connectivity index (χ1n) is 7.37. The summed E-state index contributed by atoms with van der Waals surface area (Å²) in [6.45, 7) is 2.68. The topological polar surface area (TPSA) is 74.6 Å². The van der Waals surface area contributed by atoms with Gasteiger partial charge in [-0.25, -0.2) is 0 Å². The second-order valence-corrected chi connectivity index (χ2v) is 5.63. The molecule has 0 bridgehead atoms. The van der Waals surface area contributed by atoms with Gasteiger partial charge in [0.1, 0.15) is 0 Å². The lowest BCUT2D eigenvalue weighted by atomic mass is 9.85. The molecule has 0 fully saturated rings. The number of nitrogens with zero attached hydrogens (tertiary/aromatic N) is 1. The van der Waals surface area contributed by atoms with E-state index in [0.717, 1.165) is 18.4 Å². The van der Waals surface area contributed by atoms with Gasteiger partial charge in [-0.1, -0.05) is 13.3 Å². The molecule has 0 saturated carbocycles.